The normalized spacial score (nSPS) is 16.5. The number of alkyl halides is 1. The predicted octanol–water partition coefficient (Wildman–Crippen LogP) is 4.22. The molecule has 64 valence electrons. The van der Waals surface area contributed by atoms with Gasteiger partial charge in [0.1, 0.15) is 0 Å². The molecule has 0 amide bonds. The molecule has 0 atom stereocenters. The Morgan fingerprint density at radius 1 is 1.25 bits per heavy atom. The first-order chi connectivity index (χ1) is 5.79. The Bertz CT molecular complexity index is 290. The first-order valence-corrected chi connectivity index (χ1v) is 6.06. The van der Waals surface area contributed by atoms with Crippen molar-refractivity contribution in [2.75, 3.05) is 0 Å². The molecule has 0 nitrogen and oxygen atoms in total. The number of hydrogen-bond acceptors (Lipinski definition) is 0. The molecule has 1 aromatic rings. The van der Waals surface area contributed by atoms with Gasteiger partial charge in [0.05, 0.1) is 0 Å². The maximum absolute atomic E-state index is 3.53. The first kappa shape index (κ1) is 8.76. The molecule has 0 unspecified atom stereocenters. The van der Waals surface area contributed by atoms with E-state index >= 15 is 0 Å². The third-order valence-corrected chi connectivity index (χ3v) is 3.29. The second kappa shape index (κ2) is 3.51. The standard InChI is InChI=1S/C10H10Br2/c11-6-7-3-9(8-1-2-8)5-10(12)4-7/h3-5,8H,1-2,6H2. The van der Waals surface area contributed by atoms with Crippen LogP contribution in [0.25, 0.3) is 0 Å². The van der Waals surface area contributed by atoms with Gasteiger partial charge < -0.3 is 0 Å². The largest absolute Gasteiger partial charge is 0.0876 e. The van der Waals surface area contributed by atoms with Crippen molar-refractivity contribution >= 4 is 31.9 Å². The van der Waals surface area contributed by atoms with Crippen molar-refractivity contribution in [2.45, 2.75) is 24.1 Å². The van der Waals surface area contributed by atoms with Crippen LogP contribution in [-0.4, -0.2) is 0 Å². The van der Waals surface area contributed by atoms with Crippen molar-refractivity contribution in [3.05, 3.63) is 33.8 Å². The van der Waals surface area contributed by atoms with E-state index in [2.05, 4.69) is 50.1 Å². The van der Waals surface area contributed by atoms with Crippen LogP contribution in [0.2, 0.25) is 0 Å². The van der Waals surface area contributed by atoms with E-state index in [0.29, 0.717) is 0 Å². The van der Waals surface area contributed by atoms with E-state index in [1.165, 1.54) is 28.4 Å². The summed E-state index contributed by atoms with van der Waals surface area (Å²) >= 11 is 7.00. The third-order valence-electron chi connectivity index (χ3n) is 2.18. The Labute approximate surface area is 89.6 Å². The smallest absolute Gasteiger partial charge is 0.0283 e. The summed E-state index contributed by atoms with van der Waals surface area (Å²) in [5.41, 5.74) is 2.87. The van der Waals surface area contributed by atoms with Crippen LogP contribution in [-0.2, 0) is 5.33 Å². The maximum atomic E-state index is 3.53. The zero-order valence-corrected chi connectivity index (χ0v) is 9.86. The highest BCUT2D eigenvalue weighted by atomic mass is 79.9. The van der Waals surface area contributed by atoms with Crippen molar-refractivity contribution in [3.63, 3.8) is 0 Å². The minimum absolute atomic E-state index is 0.847. The van der Waals surface area contributed by atoms with Crippen molar-refractivity contribution in [2.24, 2.45) is 0 Å². The van der Waals surface area contributed by atoms with Gasteiger partial charge >= 0.3 is 0 Å². The number of rotatable bonds is 2. The second-order valence-corrected chi connectivity index (χ2v) is 4.78. The van der Waals surface area contributed by atoms with Crippen LogP contribution in [0.15, 0.2) is 22.7 Å². The van der Waals surface area contributed by atoms with E-state index in [0.717, 1.165) is 11.2 Å². The third kappa shape index (κ3) is 1.91. The number of halogens is 2. The lowest BCUT2D eigenvalue weighted by Gasteiger charge is -2.02. The Balaban J connectivity index is 2.34. The van der Waals surface area contributed by atoms with Gasteiger partial charge in [-0.05, 0) is 42.0 Å². The summed E-state index contributed by atoms with van der Waals surface area (Å²) in [7, 11) is 0. The molecule has 2 rings (SSSR count). The molecule has 1 fully saturated rings. The van der Waals surface area contributed by atoms with Crippen LogP contribution in [0, 0.1) is 0 Å². The Morgan fingerprint density at radius 3 is 2.58 bits per heavy atom. The second-order valence-electron chi connectivity index (χ2n) is 3.30. The fourth-order valence-electron chi connectivity index (χ4n) is 1.40. The lowest BCUT2D eigenvalue weighted by molar-refractivity contribution is 1.12. The zero-order valence-electron chi connectivity index (χ0n) is 6.69. The van der Waals surface area contributed by atoms with E-state index in [-0.39, 0.29) is 0 Å². The molecule has 0 saturated heterocycles. The summed E-state index contributed by atoms with van der Waals surface area (Å²) < 4.78 is 1.21. The van der Waals surface area contributed by atoms with Gasteiger partial charge in [0.2, 0.25) is 0 Å². The van der Waals surface area contributed by atoms with E-state index in [4.69, 9.17) is 0 Å². The van der Waals surface area contributed by atoms with E-state index in [1.54, 1.807) is 0 Å². The lowest BCUT2D eigenvalue weighted by atomic mass is 10.1. The minimum atomic E-state index is 0.847. The molecule has 0 aromatic heterocycles. The van der Waals surface area contributed by atoms with Crippen LogP contribution >= 0.6 is 31.9 Å². The molecule has 1 aromatic carbocycles. The highest BCUT2D eigenvalue weighted by Crippen LogP contribution is 2.41. The summed E-state index contributed by atoms with van der Waals surface area (Å²) in [4.78, 5) is 0. The molecule has 0 radical (unpaired) electrons. The summed E-state index contributed by atoms with van der Waals surface area (Å²) in [5.74, 6) is 0.847. The highest BCUT2D eigenvalue weighted by Gasteiger charge is 2.23. The van der Waals surface area contributed by atoms with Gasteiger partial charge in [-0.1, -0.05) is 37.9 Å². The zero-order chi connectivity index (χ0) is 8.55. The van der Waals surface area contributed by atoms with Crippen molar-refractivity contribution in [1.82, 2.24) is 0 Å². The summed E-state index contributed by atoms with van der Waals surface area (Å²) in [6.45, 7) is 0. The van der Waals surface area contributed by atoms with Crippen LogP contribution in [0.5, 0.6) is 0 Å². The molecule has 0 aliphatic heterocycles. The maximum Gasteiger partial charge on any atom is 0.0283 e. The quantitative estimate of drug-likeness (QED) is 0.715. The van der Waals surface area contributed by atoms with Crippen molar-refractivity contribution in [1.29, 1.82) is 0 Å². The van der Waals surface area contributed by atoms with Crippen LogP contribution in [0.1, 0.15) is 29.9 Å². The fourth-order valence-corrected chi connectivity index (χ4v) is 2.29. The summed E-state index contributed by atoms with van der Waals surface area (Å²) in [6.07, 6.45) is 2.75. The van der Waals surface area contributed by atoms with Gasteiger partial charge in [-0.15, -0.1) is 0 Å². The van der Waals surface area contributed by atoms with Crippen LogP contribution in [0.4, 0.5) is 0 Å². The molecule has 0 N–H and O–H groups in total. The lowest BCUT2D eigenvalue weighted by Crippen LogP contribution is -1.84. The molecule has 1 aliphatic rings. The van der Waals surface area contributed by atoms with E-state index in [9.17, 15) is 0 Å². The molecular weight excluding hydrogens is 280 g/mol. The topological polar surface area (TPSA) is 0 Å². The monoisotopic (exact) mass is 288 g/mol. The molecule has 1 aliphatic carbocycles. The average Bonchev–Trinajstić information content (AvgIpc) is 2.85. The first-order valence-electron chi connectivity index (χ1n) is 4.15. The molecular formula is C10H10Br2. The Hall–Kier alpha value is 0.180. The van der Waals surface area contributed by atoms with Gasteiger partial charge in [-0.3, -0.25) is 0 Å². The SMILES string of the molecule is BrCc1cc(Br)cc(C2CC2)c1. The molecule has 0 spiro atoms. The summed E-state index contributed by atoms with van der Waals surface area (Å²) in [6, 6.07) is 6.71. The molecule has 0 heterocycles. The van der Waals surface area contributed by atoms with Gasteiger partial charge in [0.25, 0.3) is 0 Å². The highest BCUT2D eigenvalue weighted by molar-refractivity contribution is 9.10. The minimum Gasteiger partial charge on any atom is -0.0876 e. The fraction of sp³-hybridized carbons (Fsp3) is 0.400. The van der Waals surface area contributed by atoms with Crippen molar-refractivity contribution in [3.8, 4) is 0 Å². The van der Waals surface area contributed by atoms with Gasteiger partial charge in [0, 0.05) is 9.80 Å². The summed E-state index contributed by atoms with van der Waals surface area (Å²) in [5, 5.41) is 0.951. The van der Waals surface area contributed by atoms with Gasteiger partial charge in [-0.25, -0.2) is 0 Å². The van der Waals surface area contributed by atoms with Gasteiger partial charge in [-0.2, -0.15) is 0 Å². The average molecular weight is 290 g/mol. The van der Waals surface area contributed by atoms with E-state index in [1.807, 2.05) is 0 Å². The van der Waals surface area contributed by atoms with E-state index < -0.39 is 0 Å². The Kier molecular flexibility index (Phi) is 2.56. The molecule has 1 saturated carbocycles. The molecule has 2 heteroatoms. The van der Waals surface area contributed by atoms with Gasteiger partial charge in [0.15, 0.2) is 0 Å². The molecule has 0 bridgehead atoms. The Morgan fingerprint density at radius 2 is 2.00 bits per heavy atom. The number of hydrogen-bond donors (Lipinski definition) is 0. The van der Waals surface area contributed by atoms with Crippen LogP contribution < -0.4 is 0 Å². The van der Waals surface area contributed by atoms with Crippen LogP contribution in [0.3, 0.4) is 0 Å². The number of benzene rings is 1. The predicted molar refractivity (Wildman–Crippen MR) is 58.7 cm³/mol. The molecule has 12 heavy (non-hydrogen) atoms. The van der Waals surface area contributed by atoms with Crippen molar-refractivity contribution < 1.29 is 0 Å².